The third-order valence-corrected chi connectivity index (χ3v) is 3.23. The van der Waals surface area contributed by atoms with E-state index in [9.17, 15) is 0 Å². The minimum absolute atomic E-state index is 0. The molecule has 60 valence electrons. The summed E-state index contributed by atoms with van der Waals surface area (Å²) in [4.78, 5) is 0. The fourth-order valence-electron chi connectivity index (χ4n) is 2.78. The Labute approximate surface area is 64.7 Å². The van der Waals surface area contributed by atoms with Gasteiger partial charge < -0.3 is 5.32 Å². The molecule has 0 aromatic heterocycles. The lowest BCUT2D eigenvalue weighted by Gasteiger charge is -2.49. The molecule has 0 radical (unpaired) electrons. The Bertz CT molecular complexity index is 114. The van der Waals surface area contributed by atoms with Gasteiger partial charge >= 0.3 is 0 Å². The highest BCUT2D eigenvalue weighted by Gasteiger charge is 2.41. The van der Waals surface area contributed by atoms with Crippen molar-refractivity contribution in [2.75, 3.05) is 13.1 Å². The molecule has 1 aliphatic heterocycles. The maximum atomic E-state index is 3.42. The lowest BCUT2D eigenvalue weighted by molar-refractivity contribution is 0.0315. The van der Waals surface area contributed by atoms with Crippen LogP contribution >= 0.6 is 0 Å². The van der Waals surface area contributed by atoms with Crippen LogP contribution in [0.25, 0.3) is 0 Å². The number of piperidine rings is 1. The minimum atomic E-state index is 0. The van der Waals surface area contributed by atoms with Crippen molar-refractivity contribution >= 4 is 0 Å². The Morgan fingerprint density at radius 1 is 1.30 bits per heavy atom. The van der Waals surface area contributed by atoms with E-state index >= 15 is 0 Å². The molecule has 1 heteroatoms. The Hall–Kier alpha value is -0.0400. The van der Waals surface area contributed by atoms with E-state index in [1.165, 1.54) is 38.8 Å². The Kier molecular flexibility index (Phi) is 1.48. The van der Waals surface area contributed by atoms with Gasteiger partial charge in [-0.15, -0.1) is 0 Å². The first-order chi connectivity index (χ1) is 4.81. The van der Waals surface area contributed by atoms with Crippen LogP contribution in [0.4, 0.5) is 0 Å². The summed E-state index contributed by atoms with van der Waals surface area (Å²) in [6, 6.07) is 0. The van der Waals surface area contributed by atoms with Crippen molar-refractivity contribution in [2.45, 2.75) is 32.6 Å². The van der Waals surface area contributed by atoms with Crippen LogP contribution < -0.4 is 5.32 Å². The molecule has 2 fully saturated rings. The van der Waals surface area contributed by atoms with Crippen LogP contribution in [-0.4, -0.2) is 13.1 Å². The molecule has 0 unspecified atom stereocenters. The summed E-state index contributed by atoms with van der Waals surface area (Å²) in [5.74, 6) is 1.03. The van der Waals surface area contributed by atoms with E-state index in [-0.39, 0.29) is 1.43 Å². The van der Waals surface area contributed by atoms with Gasteiger partial charge in [0.05, 0.1) is 0 Å². The van der Waals surface area contributed by atoms with Crippen molar-refractivity contribution in [3.8, 4) is 0 Å². The van der Waals surface area contributed by atoms with Crippen molar-refractivity contribution in [1.29, 1.82) is 0 Å². The molecule has 1 saturated carbocycles. The normalized spacial score (nSPS) is 32.1. The van der Waals surface area contributed by atoms with Crippen LogP contribution in [-0.2, 0) is 0 Å². The maximum absolute atomic E-state index is 3.42. The van der Waals surface area contributed by atoms with Gasteiger partial charge in [-0.1, -0.05) is 6.92 Å². The van der Waals surface area contributed by atoms with E-state index in [4.69, 9.17) is 0 Å². The smallest absolute Gasteiger partial charge is 0 e. The minimum Gasteiger partial charge on any atom is -0.317 e. The first-order valence-electron chi connectivity index (χ1n) is 4.52. The predicted octanol–water partition coefficient (Wildman–Crippen LogP) is 2.03. The lowest BCUT2D eigenvalue weighted by atomic mass is 9.58. The van der Waals surface area contributed by atoms with Crippen LogP contribution in [0.3, 0.4) is 0 Å². The van der Waals surface area contributed by atoms with Crippen molar-refractivity contribution in [3.05, 3.63) is 0 Å². The molecule has 0 aromatic carbocycles. The van der Waals surface area contributed by atoms with Gasteiger partial charge in [0.25, 0.3) is 0 Å². The van der Waals surface area contributed by atoms with Gasteiger partial charge in [0, 0.05) is 1.43 Å². The molecule has 0 bridgehead atoms. The van der Waals surface area contributed by atoms with Gasteiger partial charge in [0.2, 0.25) is 0 Å². The summed E-state index contributed by atoms with van der Waals surface area (Å²) >= 11 is 0. The van der Waals surface area contributed by atoms with E-state index < -0.39 is 0 Å². The van der Waals surface area contributed by atoms with Crippen LogP contribution in [0, 0.1) is 11.3 Å². The zero-order chi connectivity index (χ0) is 7.03. The van der Waals surface area contributed by atoms with Gasteiger partial charge in [-0.05, 0) is 50.1 Å². The molecular formula is C9H19N. The maximum Gasteiger partial charge on any atom is 0 e. The van der Waals surface area contributed by atoms with Crippen LogP contribution in [0.5, 0.6) is 0 Å². The molecule has 1 heterocycles. The van der Waals surface area contributed by atoms with Crippen LogP contribution in [0.2, 0.25) is 0 Å². The summed E-state index contributed by atoms with van der Waals surface area (Å²) in [6.07, 6.45) is 5.90. The molecular weight excluding hydrogens is 122 g/mol. The van der Waals surface area contributed by atoms with Gasteiger partial charge in [-0.2, -0.15) is 0 Å². The zero-order valence-electron chi connectivity index (χ0n) is 6.82. The average Bonchev–Trinajstić information content (AvgIpc) is 1.87. The quantitative estimate of drug-likeness (QED) is 0.544. The fraction of sp³-hybridized carbons (Fsp3) is 1.00. The number of hydrogen-bond donors (Lipinski definition) is 1. The lowest BCUT2D eigenvalue weighted by Crippen LogP contribution is -2.44. The second-order valence-electron chi connectivity index (χ2n) is 4.26. The third-order valence-electron chi connectivity index (χ3n) is 3.23. The summed E-state index contributed by atoms with van der Waals surface area (Å²) < 4.78 is 0. The summed E-state index contributed by atoms with van der Waals surface area (Å²) in [7, 11) is 0. The van der Waals surface area contributed by atoms with E-state index in [0.717, 1.165) is 11.3 Å². The second kappa shape index (κ2) is 2.23. The van der Waals surface area contributed by atoms with E-state index in [1.54, 1.807) is 0 Å². The number of rotatable bonds is 0. The molecule has 2 rings (SSSR count). The monoisotopic (exact) mass is 141 g/mol. The zero-order valence-corrected chi connectivity index (χ0v) is 6.82. The van der Waals surface area contributed by atoms with E-state index in [2.05, 4.69) is 12.2 Å². The SMILES string of the molecule is CC1CC2(CCNCC2)C1.[HH]. The molecule has 1 spiro atoms. The topological polar surface area (TPSA) is 12.0 Å². The van der Waals surface area contributed by atoms with Crippen molar-refractivity contribution in [3.63, 3.8) is 0 Å². The number of hydrogen-bond acceptors (Lipinski definition) is 1. The molecule has 10 heavy (non-hydrogen) atoms. The Balaban J connectivity index is 0.000000605. The Morgan fingerprint density at radius 2 is 1.90 bits per heavy atom. The van der Waals surface area contributed by atoms with Gasteiger partial charge in [0.1, 0.15) is 0 Å². The number of nitrogens with one attached hydrogen (secondary N) is 1. The van der Waals surface area contributed by atoms with E-state index in [0.29, 0.717) is 0 Å². The molecule has 1 aliphatic carbocycles. The standard InChI is InChI=1S/C9H17N.H2/c1-8-6-9(7-8)2-4-10-5-3-9;/h8,10H,2-7H2,1H3;1H. The molecule has 1 saturated heterocycles. The van der Waals surface area contributed by atoms with Crippen molar-refractivity contribution in [1.82, 2.24) is 5.32 Å². The van der Waals surface area contributed by atoms with Gasteiger partial charge in [-0.25, -0.2) is 0 Å². The largest absolute Gasteiger partial charge is 0.317 e. The van der Waals surface area contributed by atoms with Crippen molar-refractivity contribution < 1.29 is 1.43 Å². The van der Waals surface area contributed by atoms with Crippen LogP contribution in [0.1, 0.15) is 34.0 Å². The highest BCUT2D eigenvalue weighted by atomic mass is 14.9. The first kappa shape index (κ1) is 6.66. The molecule has 0 amide bonds. The third kappa shape index (κ3) is 0.968. The molecule has 1 N–H and O–H groups in total. The highest BCUT2D eigenvalue weighted by molar-refractivity contribution is 4.94. The summed E-state index contributed by atoms with van der Waals surface area (Å²) in [5.41, 5.74) is 0.810. The van der Waals surface area contributed by atoms with E-state index in [1.807, 2.05) is 0 Å². The highest BCUT2D eigenvalue weighted by Crippen LogP contribution is 2.51. The van der Waals surface area contributed by atoms with Crippen molar-refractivity contribution in [2.24, 2.45) is 11.3 Å². The molecule has 0 aromatic rings. The predicted molar refractivity (Wildman–Crippen MR) is 45.0 cm³/mol. The van der Waals surface area contributed by atoms with Crippen LogP contribution in [0.15, 0.2) is 0 Å². The summed E-state index contributed by atoms with van der Waals surface area (Å²) in [6.45, 7) is 4.92. The van der Waals surface area contributed by atoms with Gasteiger partial charge in [-0.3, -0.25) is 0 Å². The summed E-state index contributed by atoms with van der Waals surface area (Å²) in [5, 5.41) is 3.42. The average molecular weight is 141 g/mol. The molecule has 2 aliphatic rings. The van der Waals surface area contributed by atoms with Gasteiger partial charge in [0.15, 0.2) is 0 Å². The second-order valence-corrected chi connectivity index (χ2v) is 4.26. The molecule has 0 atom stereocenters. The first-order valence-corrected chi connectivity index (χ1v) is 4.52. The Morgan fingerprint density at radius 3 is 2.40 bits per heavy atom. The molecule has 1 nitrogen and oxygen atoms in total. The fourth-order valence-corrected chi connectivity index (χ4v) is 2.78.